The molecule has 106 valence electrons. The van der Waals surface area contributed by atoms with Gasteiger partial charge in [0.25, 0.3) is 11.6 Å². The van der Waals surface area contributed by atoms with Gasteiger partial charge in [-0.05, 0) is 18.1 Å². The van der Waals surface area contributed by atoms with Crippen LogP contribution in [0.5, 0.6) is 0 Å². The van der Waals surface area contributed by atoms with Gasteiger partial charge in [0, 0.05) is 31.6 Å². The average Bonchev–Trinajstić information content (AvgIpc) is 2.75. The third kappa shape index (κ3) is 2.76. The number of benzene rings is 1. The predicted molar refractivity (Wildman–Crippen MR) is 69.1 cm³/mol. The highest BCUT2D eigenvalue weighted by atomic mass is 16.6. The number of carbonyl (C=O) groups is 2. The summed E-state index contributed by atoms with van der Waals surface area (Å²) in [6.45, 7) is 0.851. The third-order valence-electron chi connectivity index (χ3n) is 3.22. The van der Waals surface area contributed by atoms with E-state index in [-0.39, 0.29) is 24.0 Å². The van der Waals surface area contributed by atoms with Crippen molar-refractivity contribution in [3.05, 3.63) is 39.4 Å². The van der Waals surface area contributed by atoms with Crippen LogP contribution in [0.2, 0.25) is 0 Å². The van der Waals surface area contributed by atoms with Crippen LogP contribution in [0.15, 0.2) is 18.2 Å². The molecule has 1 aliphatic heterocycles. The van der Waals surface area contributed by atoms with E-state index < -0.39 is 4.92 Å². The molecule has 0 aliphatic carbocycles. The summed E-state index contributed by atoms with van der Waals surface area (Å²) in [6, 6.07) is 4.30. The van der Waals surface area contributed by atoms with Crippen LogP contribution in [0, 0.1) is 10.1 Å². The number of methoxy groups -OCH3 is 1. The quantitative estimate of drug-likeness (QED) is 0.462. The number of amides is 1. The zero-order valence-corrected chi connectivity index (χ0v) is 11.0. The van der Waals surface area contributed by atoms with Crippen molar-refractivity contribution in [2.24, 2.45) is 0 Å². The fourth-order valence-corrected chi connectivity index (χ4v) is 2.16. The van der Waals surface area contributed by atoms with E-state index in [1.54, 1.807) is 11.0 Å². The molecule has 0 spiro atoms. The van der Waals surface area contributed by atoms with Crippen LogP contribution in [0.4, 0.5) is 5.69 Å². The summed E-state index contributed by atoms with van der Waals surface area (Å²) in [5.74, 6) is -0.543. The molecule has 2 rings (SSSR count). The topological polar surface area (TPSA) is 89.8 Å². The average molecular weight is 278 g/mol. The van der Waals surface area contributed by atoms with Gasteiger partial charge in [-0.15, -0.1) is 0 Å². The van der Waals surface area contributed by atoms with Gasteiger partial charge in [0.1, 0.15) is 0 Å². The maximum Gasteiger partial charge on any atom is 0.305 e. The Morgan fingerprint density at radius 2 is 2.25 bits per heavy atom. The maximum atomic E-state index is 12.1. The Kier molecular flexibility index (Phi) is 3.97. The minimum atomic E-state index is -0.520. The number of nitrogens with zero attached hydrogens (tertiary/aromatic N) is 2. The fraction of sp³-hybridized carbons (Fsp3) is 0.385. The van der Waals surface area contributed by atoms with Crippen molar-refractivity contribution < 1.29 is 19.2 Å². The maximum absolute atomic E-state index is 12.1. The van der Waals surface area contributed by atoms with Crippen LogP contribution in [0.3, 0.4) is 0 Å². The molecule has 7 nitrogen and oxygen atoms in total. The molecule has 0 aromatic heterocycles. The van der Waals surface area contributed by atoms with E-state index in [2.05, 4.69) is 4.74 Å². The summed E-state index contributed by atoms with van der Waals surface area (Å²) in [5.41, 5.74) is 1.06. The first-order valence-corrected chi connectivity index (χ1v) is 6.16. The summed E-state index contributed by atoms with van der Waals surface area (Å²) < 4.78 is 4.53. The number of nitro benzene ring substituents is 1. The Morgan fingerprint density at radius 3 is 2.90 bits per heavy atom. The molecule has 0 N–H and O–H groups in total. The van der Waals surface area contributed by atoms with E-state index >= 15 is 0 Å². The van der Waals surface area contributed by atoms with Gasteiger partial charge in [0.05, 0.1) is 17.6 Å². The highest BCUT2D eigenvalue weighted by Crippen LogP contribution is 2.26. The molecule has 0 bridgehead atoms. The molecule has 1 amide bonds. The summed E-state index contributed by atoms with van der Waals surface area (Å²) in [5, 5.41) is 10.7. The van der Waals surface area contributed by atoms with E-state index in [0.717, 1.165) is 5.56 Å². The lowest BCUT2D eigenvalue weighted by Gasteiger charge is -2.14. The molecule has 20 heavy (non-hydrogen) atoms. The van der Waals surface area contributed by atoms with E-state index in [1.165, 1.54) is 19.2 Å². The number of nitro groups is 1. The second kappa shape index (κ2) is 5.68. The van der Waals surface area contributed by atoms with Crippen molar-refractivity contribution in [1.82, 2.24) is 4.90 Å². The molecule has 1 aliphatic rings. The highest BCUT2D eigenvalue weighted by molar-refractivity contribution is 5.98. The van der Waals surface area contributed by atoms with Gasteiger partial charge < -0.3 is 9.64 Å². The lowest BCUT2D eigenvalue weighted by molar-refractivity contribution is -0.384. The van der Waals surface area contributed by atoms with Gasteiger partial charge in [-0.3, -0.25) is 19.7 Å². The molecule has 0 unspecified atom stereocenters. The minimum absolute atomic E-state index is 0.0893. The van der Waals surface area contributed by atoms with Gasteiger partial charge in [-0.1, -0.05) is 0 Å². The molecule has 1 heterocycles. The molecule has 0 saturated carbocycles. The largest absolute Gasteiger partial charge is 0.469 e. The standard InChI is InChI=1S/C13H14N2O5/c1-20-12(16)3-2-6-14-8-9-4-5-10(15(18)19)7-11(9)13(14)17/h4-5,7H,2-3,6,8H2,1H3. The van der Waals surface area contributed by atoms with Crippen LogP contribution in [0.25, 0.3) is 0 Å². The van der Waals surface area contributed by atoms with Gasteiger partial charge >= 0.3 is 5.97 Å². The number of hydrogen-bond donors (Lipinski definition) is 0. The van der Waals surface area contributed by atoms with Crippen LogP contribution in [0.1, 0.15) is 28.8 Å². The summed E-state index contributed by atoms with van der Waals surface area (Å²) in [6.07, 6.45) is 0.755. The van der Waals surface area contributed by atoms with Crippen molar-refractivity contribution in [2.45, 2.75) is 19.4 Å². The molecule has 0 radical (unpaired) electrons. The highest BCUT2D eigenvalue weighted by Gasteiger charge is 2.28. The van der Waals surface area contributed by atoms with Gasteiger partial charge in [0.2, 0.25) is 0 Å². The molecular formula is C13H14N2O5. The number of carbonyl (C=O) groups excluding carboxylic acids is 2. The van der Waals surface area contributed by atoms with Crippen molar-refractivity contribution in [1.29, 1.82) is 0 Å². The number of non-ortho nitro benzene ring substituents is 1. The smallest absolute Gasteiger partial charge is 0.305 e. The summed E-state index contributed by atoms with van der Waals surface area (Å²) in [7, 11) is 1.32. The van der Waals surface area contributed by atoms with Crippen LogP contribution < -0.4 is 0 Å². The van der Waals surface area contributed by atoms with Crippen molar-refractivity contribution >= 4 is 17.6 Å². The van der Waals surface area contributed by atoms with E-state index in [0.29, 0.717) is 25.1 Å². The molecule has 0 saturated heterocycles. The lowest BCUT2D eigenvalue weighted by Crippen LogP contribution is -2.25. The normalized spacial score (nSPS) is 13.2. The molecule has 1 aromatic carbocycles. The van der Waals surface area contributed by atoms with Crippen LogP contribution >= 0.6 is 0 Å². The van der Waals surface area contributed by atoms with Gasteiger partial charge in [-0.2, -0.15) is 0 Å². The molecule has 0 atom stereocenters. The number of fused-ring (bicyclic) bond motifs is 1. The summed E-state index contributed by atoms with van der Waals surface area (Å²) >= 11 is 0. The van der Waals surface area contributed by atoms with Crippen LogP contribution in [-0.4, -0.2) is 35.4 Å². The first kappa shape index (κ1) is 14.0. The zero-order chi connectivity index (χ0) is 14.7. The minimum Gasteiger partial charge on any atom is -0.469 e. The van der Waals surface area contributed by atoms with Crippen LogP contribution in [-0.2, 0) is 16.1 Å². The zero-order valence-electron chi connectivity index (χ0n) is 11.0. The van der Waals surface area contributed by atoms with Crippen molar-refractivity contribution in [2.75, 3.05) is 13.7 Å². The SMILES string of the molecule is COC(=O)CCCN1Cc2ccc([N+](=O)[O-])cc2C1=O. The molecule has 7 heteroatoms. The van der Waals surface area contributed by atoms with E-state index in [1.807, 2.05) is 0 Å². The Balaban J connectivity index is 2.02. The monoisotopic (exact) mass is 278 g/mol. The Morgan fingerprint density at radius 1 is 1.50 bits per heavy atom. The van der Waals surface area contributed by atoms with E-state index in [4.69, 9.17) is 0 Å². The number of hydrogen-bond acceptors (Lipinski definition) is 5. The van der Waals surface area contributed by atoms with Gasteiger partial charge in [0.15, 0.2) is 0 Å². The number of esters is 1. The fourth-order valence-electron chi connectivity index (χ4n) is 2.16. The second-order valence-electron chi connectivity index (χ2n) is 4.50. The lowest BCUT2D eigenvalue weighted by atomic mass is 10.1. The number of ether oxygens (including phenoxy) is 1. The molecular weight excluding hydrogens is 264 g/mol. The van der Waals surface area contributed by atoms with E-state index in [9.17, 15) is 19.7 Å². The predicted octanol–water partition coefficient (Wildman–Crippen LogP) is 1.50. The van der Waals surface area contributed by atoms with Crippen molar-refractivity contribution in [3.8, 4) is 0 Å². The number of rotatable bonds is 5. The second-order valence-corrected chi connectivity index (χ2v) is 4.50. The molecule has 1 aromatic rings. The Labute approximate surface area is 115 Å². The van der Waals surface area contributed by atoms with Gasteiger partial charge in [-0.25, -0.2) is 0 Å². The summed E-state index contributed by atoms with van der Waals surface area (Å²) in [4.78, 5) is 34.9. The first-order valence-electron chi connectivity index (χ1n) is 6.16. The first-order chi connectivity index (χ1) is 9.52. The van der Waals surface area contributed by atoms with Crippen molar-refractivity contribution in [3.63, 3.8) is 0 Å². The Bertz CT molecular complexity index is 570. The third-order valence-corrected chi connectivity index (χ3v) is 3.22. The molecule has 0 fully saturated rings. The Hall–Kier alpha value is -2.44.